The summed E-state index contributed by atoms with van der Waals surface area (Å²) >= 11 is 0. The zero-order chi connectivity index (χ0) is 26.4. The molecule has 0 saturated heterocycles. The van der Waals surface area contributed by atoms with Gasteiger partial charge in [-0.3, -0.25) is 0 Å². The molecule has 0 radical (unpaired) electrons. The van der Waals surface area contributed by atoms with Crippen molar-refractivity contribution in [1.29, 1.82) is 5.26 Å². The minimum Gasteiger partial charge on any atom is -0.480 e. The number of carboxylic acid groups (broad SMARTS) is 1. The molecule has 5 aromatic rings. The lowest BCUT2D eigenvalue weighted by Gasteiger charge is -2.34. The molecule has 0 amide bonds. The fraction of sp³-hybridized carbons (Fsp3) is 0.0938. The lowest BCUT2D eigenvalue weighted by atomic mass is 9.69. The minimum atomic E-state index is -1.07. The van der Waals surface area contributed by atoms with Gasteiger partial charge in [-0.1, -0.05) is 103 Å². The van der Waals surface area contributed by atoms with Crippen LogP contribution in [0.1, 0.15) is 45.4 Å². The van der Waals surface area contributed by atoms with E-state index < -0.39 is 24.1 Å². The Labute approximate surface area is 220 Å². The normalized spacial score (nSPS) is 12.0. The van der Waals surface area contributed by atoms with Gasteiger partial charge in [0, 0.05) is 0 Å². The van der Waals surface area contributed by atoms with Gasteiger partial charge in [-0.2, -0.15) is 5.26 Å². The molecular formula is C32H25N3O3. The van der Waals surface area contributed by atoms with Crippen LogP contribution in [-0.2, 0) is 14.9 Å². The Hall–Kier alpha value is -4.99. The highest BCUT2D eigenvalue weighted by Crippen LogP contribution is 2.44. The summed E-state index contributed by atoms with van der Waals surface area (Å²) in [7, 11) is 0. The van der Waals surface area contributed by atoms with Crippen LogP contribution in [0.5, 0.6) is 0 Å². The Bertz CT molecular complexity index is 1440. The standard InChI is InChI=1S/C32H25N3O3/c33-20-23-16-18-24(19-17-23)30(38-22-29(36)37)28-21-34-31(35-28)32(25-10-4-1-5-11-25,26-12-6-2-7-13-26)27-14-8-3-9-15-27/h1-19,21,30H,22H2,(H,34,35)(H,36,37). The van der Waals surface area contributed by atoms with Crippen LogP contribution in [0, 0.1) is 11.3 Å². The van der Waals surface area contributed by atoms with Gasteiger partial charge < -0.3 is 14.8 Å². The smallest absolute Gasteiger partial charge is 0.329 e. The van der Waals surface area contributed by atoms with Gasteiger partial charge in [0.1, 0.15) is 24.0 Å². The average molecular weight is 500 g/mol. The monoisotopic (exact) mass is 499 g/mol. The van der Waals surface area contributed by atoms with Crippen LogP contribution in [0.2, 0.25) is 0 Å². The van der Waals surface area contributed by atoms with E-state index in [2.05, 4.69) is 47.5 Å². The van der Waals surface area contributed by atoms with Crippen LogP contribution in [0.25, 0.3) is 0 Å². The van der Waals surface area contributed by atoms with Crippen molar-refractivity contribution in [2.24, 2.45) is 0 Å². The number of aromatic amines is 1. The Morgan fingerprint density at radius 1 is 0.842 bits per heavy atom. The molecule has 6 nitrogen and oxygen atoms in total. The number of carbonyl (C=O) groups is 1. The van der Waals surface area contributed by atoms with Crippen molar-refractivity contribution in [3.63, 3.8) is 0 Å². The van der Waals surface area contributed by atoms with E-state index in [1.165, 1.54) is 0 Å². The number of aromatic nitrogens is 2. The number of ether oxygens (including phenoxy) is 1. The molecule has 1 unspecified atom stereocenters. The number of carboxylic acids is 1. The molecule has 0 aliphatic rings. The lowest BCUT2D eigenvalue weighted by molar-refractivity contribution is -0.143. The molecule has 38 heavy (non-hydrogen) atoms. The van der Waals surface area contributed by atoms with Crippen LogP contribution < -0.4 is 0 Å². The molecule has 186 valence electrons. The lowest BCUT2D eigenvalue weighted by Crippen LogP contribution is -2.32. The quantitative estimate of drug-likeness (QED) is 0.248. The summed E-state index contributed by atoms with van der Waals surface area (Å²) in [4.78, 5) is 19.8. The van der Waals surface area contributed by atoms with E-state index in [9.17, 15) is 15.2 Å². The van der Waals surface area contributed by atoms with E-state index in [0.29, 0.717) is 22.6 Å². The minimum absolute atomic E-state index is 0.486. The first-order chi connectivity index (χ1) is 18.6. The largest absolute Gasteiger partial charge is 0.480 e. The van der Waals surface area contributed by atoms with Gasteiger partial charge in [0.05, 0.1) is 23.5 Å². The maximum Gasteiger partial charge on any atom is 0.329 e. The van der Waals surface area contributed by atoms with Gasteiger partial charge >= 0.3 is 5.97 Å². The second kappa shape index (κ2) is 11.0. The van der Waals surface area contributed by atoms with Gasteiger partial charge in [-0.05, 0) is 34.4 Å². The Morgan fingerprint density at radius 3 is 1.79 bits per heavy atom. The molecule has 1 heterocycles. The third-order valence-corrected chi connectivity index (χ3v) is 6.57. The third-order valence-electron chi connectivity index (χ3n) is 6.57. The summed E-state index contributed by atoms with van der Waals surface area (Å²) in [5.74, 6) is -0.399. The third kappa shape index (κ3) is 4.71. The number of benzene rings is 4. The van der Waals surface area contributed by atoms with Gasteiger partial charge in [-0.15, -0.1) is 0 Å². The first-order valence-corrected chi connectivity index (χ1v) is 12.2. The number of hydrogen-bond donors (Lipinski definition) is 2. The predicted octanol–water partition coefficient (Wildman–Crippen LogP) is 5.85. The van der Waals surface area contributed by atoms with Crippen molar-refractivity contribution < 1.29 is 14.6 Å². The van der Waals surface area contributed by atoms with Crippen molar-refractivity contribution in [2.75, 3.05) is 6.61 Å². The maximum atomic E-state index is 11.4. The van der Waals surface area contributed by atoms with Crippen LogP contribution >= 0.6 is 0 Å². The summed E-state index contributed by atoms with van der Waals surface area (Å²) in [5, 5.41) is 18.5. The Kier molecular flexibility index (Phi) is 7.12. The van der Waals surface area contributed by atoms with E-state index in [1.807, 2.05) is 54.6 Å². The molecule has 0 saturated carbocycles. The maximum absolute atomic E-state index is 11.4. The predicted molar refractivity (Wildman–Crippen MR) is 143 cm³/mol. The number of H-pyrrole nitrogens is 1. The topological polar surface area (TPSA) is 99.0 Å². The summed E-state index contributed by atoms with van der Waals surface area (Å²) in [6.07, 6.45) is 0.976. The molecule has 0 bridgehead atoms. The molecule has 2 N–H and O–H groups in total. The van der Waals surface area contributed by atoms with E-state index in [4.69, 9.17) is 9.72 Å². The van der Waals surface area contributed by atoms with Crippen LogP contribution in [0.15, 0.2) is 121 Å². The first kappa shape index (κ1) is 24.7. The highest BCUT2D eigenvalue weighted by Gasteiger charge is 2.41. The average Bonchev–Trinajstić information content (AvgIpc) is 3.45. The van der Waals surface area contributed by atoms with Crippen molar-refractivity contribution in [1.82, 2.24) is 9.97 Å². The van der Waals surface area contributed by atoms with Crippen molar-refractivity contribution >= 4 is 5.97 Å². The Morgan fingerprint density at radius 2 is 1.34 bits per heavy atom. The molecule has 1 atom stereocenters. The van der Waals surface area contributed by atoms with E-state index >= 15 is 0 Å². The highest BCUT2D eigenvalue weighted by molar-refractivity contribution is 5.68. The fourth-order valence-corrected chi connectivity index (χ4v) is 4.89. The molecule has 5 rings (SSSR count). The number of aliphatic carboxylic acids is 1. The second-order valence-electron chi connectivity index (χ2n) is 8.85. The van der Waals surface area contributed by atoms with Crippen LogP contribution in [-0.4, -0.2) is 27.7 Å². The number of nitrogens with one attached hydrogen (secondary N) is 1. The van der Waals surface area contributed by atoms with E-state index in [0.717, 1.165) is 16.7 Å². The SMILES string of the molecule is N#Cc1ccc(C(OCC(=O)O)c2cnc(C(c3ccccc3)(c3ccccc3)c3ccccc3)[nH]2)cc1. The van der Waals surface area contributed by atoms with Gasteiger partial charge in [0.25, 0.3) is 0 Å². The van der Waals surface area contributed by atoms with Crippen LogP contribution in [0.4, 0.5) is 0 Å². The zero-order valence-electron chi connectivity index (χ0n) is 20.5. The van der Waals surface area contributed by atoms with E-state index in [-0.39, 0.29) is 0 Å². The number of hydrogen-bond acceptors (Lipinski definition) is 4. The van der Waals surface area contributed by atoms with Gasteiger partial charge in [0.2, 0.25) is 0 Å². The van der Waals surface area contributed by atoms with Gasteiger partial charge in [-0.25, -0.2) is 9.78 Å². The molecule has 0 aliphatic carbocycles. The van der Waals surface area contributed by atoms with Crippen LogP contribution in [0.3, 0.4) is 0 Å². The molecule has 0 spiro atoms. The van der Waals surface area contributed by atoms with Crippen molar-refractivity contribution in [3.05, 3.63) is 161 Å². The number of nitriles is 1. The number of imidazole rings is 1. The molecular weight excluding hydrogens is 474 g/mol. The summed E-state index contributed by atoms with van der Waals surface area (Å²) in [5.41, 5.74) is 4.14. The van der Waals surface area contributed by atoms with Crippen molar-refractivity contribution in [2.45, 2.75) is 11.5 Å². The molecule has 6 heteroatoms. The summed E-state index contributed by atoms with van der Waals surface area (Å²) < 4.78 is 5.84. The van der Waals surface area contributed by atoms with Crippen molar-refractivity contribution in [3.8, 4) is 6.07 Å². The number of rotatable bonds is 9. The Balaban J connectivity index is 1.71. The zero-order valence-corrected chi connectivity index (χ0v) is 20.5. The second-order valence-corrected chi connectivity index (χ2v) is 8.85. The first-order valence-electron chi connectivity index (χ1n) is 12.2. The highest BCUT2D eigenvalue weighted by atomic mass is 16.5. The molecule has 0 fully saturated rings. The number of nitrogens with zero attached hydrogens (tertiary/aromatic N) is 2. The molecule has 0 aliphatic heterocycles. The molecule has 1 aromatic heterocycles. The fourth-order valence-electron chi connectivity index (χ4n) is 4.89. The summed E-state index contributed by atoms with van der Waals surface area (Å²) in [6, 6.07) is 39.5. The van der Waals surface area contributed by atoms with Gasteiger partial charge in [0.15, 0.2) is 0 Å². The molecule has 4 aromatic carbocycles. The summed E-state index contributed by atoms with van der Waals surface area (Å²) in [6.45, 7) is -0.486. The van der Waals surface area contributed by atoms with E-state index in [1.54, 1.807) is 30.5 Å².